The van der Waals surface area contributed by atoms with Gasteiger partial charge in [0.15, 0.2) is 0 Å². The Kier molecular flexibility index (Phi) is 8.88. The van der Waals surface area contributed by atoms with Crippen LogP contribution in [0.4, 0.5) is 16.2 Å². The van der Waals surface area contributed by atoms with Crippen LogP contribution in [0.3, 0.4) is 0 Å². The topological polar surface area (TPSA) is 189 Å². The molecule has 2 aromatic carbocycles. The average Bonchev–Trinajstić information content (AvgIpc) is 3.68. The fourth-order valence-electron chi connectivity index (χ4n) is 4.37. The zero-order valence-electron chi connectivity index (χ0n) is 22.7. The van der Waals surface area contributed by atoms with Crippen molar-refractivity contribution in [3.63, 3.8) is 0 Å². The number of fused-ring (bicyclic) bond motifs is 4. The van der Waals surface area contributed by atoms with Gasteiger partial charge in [0, 0.05) is 27.9 Å². The van der Waals surface area contributed by atoms with Gasteiger partial charge >= 0.3 is 6.09 Å². The predicted octanol–water partition coefficient (Wildman–Crippen LogP) is 3.40. The fourth-order valence-corrected chi connectivity index (χ4v) is 4.55. The molecule has 2 atom stereocenters. The zero-order valence-corrected chi connectivity index (χ0v) is 23.4. The lowest BCUT2D eigenvalue weighted by Crippen LogP contribution is -2.27. The van der Waals surface area contributed by atoms with Gasteiger partial charge in [-0.3, -0.25) is 14.9 Å². The predicted molar refractivity (Wildman–Crippen MR) is 157 cm³/mol. The van der Waals surface area contributed by atoms with Gasteiger partial charge in [-0.15, -0.1) is 5.10 Å². The van der Waals surface area contributed by atoms with Crippen LogP contribution in [0.25, 0.3) is 23.0 Å². The monoisotopic (exact) mass is 603 g/mol. The summed E-state index contributed by atoms with van der Waals surface area (Å²) in [7, 11) is 1.24. The number of tetrazole rings is 1. The quantitative estimate of drug-likeness (QED) is 0.168. The number of anilines is 2. The lowest BCUT2D eigenvalue weighted by Gasteiger charge is -2.14. The molecule has 1 unspecified atom stereocenters. The second-order valence-corrected chi connectivity index (χ2v) is 9.83. The summed E-state index contributed by atoms with van der Waals surface area (Å²) in [6.45, 7) is 0. The van der Waals surface area contributed by atoms with Crippen molar-refractivity contribution >= 4 is 47.0 Å². The summed E-state index contributed by atoms with van der Waals surface area (Å²) in [6, 6.07) is 9.39. The van der Waals surface area contributed by atoms with E-state index in [1.165, 1.54) is 30.3 Å². The van der Waals surface area contributed by atoms with Gasteiger partial charge in [0.05, 0.1) is 48.9 Å². The van der Waals surface area contributed by atoms with Crippen molar-refractivity contribution in [3.05, 3.63) is 83.6 Å². The molecule has 3 heterocycles. The number of hydrogen-bond donors (Lipinski definition) is 5. The van der Waals surface area contributed by atoms with E-state index in [9.17, 15) is 19.5 Å². The highest BCUT2D eigenvalue weighted by Crippen LogP contribution is 2.31. The number of halogens is 1. The van der Waals surface area contributed by atoms with Crippen molar-refractivity contribution in [2.24, 2.45) is 0 Å². The maximum Gasteiger partial charge on any atom is 0.411 e. The summed E-state index contributed by atoms with van der Waals surface area (Å²) in [6.07, 6.45) is 7.44. The number of amides is 3. The van der Waals surface area contributed by atoms with Crippen LogP contribution < -0.4 is 16.0 Å². The molecule has 43 heavy (non-hydrogen) atoms. The van der Waals surface area contributed by atoms with Gasteiger partial charge in [0.2, 0.25) is 11.8 Å². The van der Waals surface area contributed by atoms with E-state index in [0.717, 1.165) is 0 Å². The van der Waals surface area contributed by atoms with Gasteiger partial charge in [-0.2, -0.15) is 4.68 Å². The standard InChI is InChI=1S/C28H26ClN9O5/c1-43-28(42)32-18-7-8-20-22(12-18)34-26(41)13-19(39)3-2-4-21(27-30-14-23(20)35-27)33-25(40)10-5-16-11-17(29)6-9-24(16)38-15-31-36-37-38/h2-3,5-12,14-15,19,21,39H,4,13H2,1H3,(H,30,35)(H,32,42)(H,33,40)(H,34,41)/t19?,21-/m0/s1. The molecule has 0 saturated heterocycles. The molecule has 5 rings (SSSR count). The van der Waals surface area contributed by atoms with Crippen LogP contribution in [0.5, 0.6) is 0 Å². The third-order valence-electron chi connectivity index (χ3n) is 6.38. The van der Waals surface area contributed by atoms with Crippen molar-refractivity contribution in [1.82, 2.24) is 35.5 Å². The number of aromatic nitrogens is 6. The molecule has 2 bridgehead atoms. The molecule has 3 amide bonds. The first kappa shape index (κ1) is 29.2. The van der Waals surface area contributed by atoms with Crippen LogP contribution >= 0.6 is 11.6 Å². The maximum absolute atomic E-state index is 13.1. The number of imidazole rings is 1. The largest absolute Gasteiger partial charge is 0.453 e. The molecule has 0 radical (unpaired) electrons. The number of carbonyl (C=O) groups is 3. The second-order valence-electron chi connectivity index (χ2n) is 9.39. The number of methoxy groups -OCH3 is 1. The van der Waals surface area contributed by atoms with Crippen LogP contribution in [0, 0.1) is 0 Å². The van der Waals surface area contributed by atoms with Crippen LogP contribution in [-0.2, 0) is 14.3 Å². The minimum Gasteiger partial charge on any atom is -0.453 e. The highest BCUT2D eigenvalue weighted by Gasteiger charge is 2.20. The molecule has 1 aliphatic heterocycles. The Hall–Kier alpha value is -5.34. The number of aliphatic hydroxyl groups excluding tert-OH is 1. The molecule has 220 valence electrons. The van der Waals surface area contributed by atoms with E-state index in [-0.39, 0.29) is 12.8 Å². The minimum absolute atomic E-state index is 0.207. The first-order valence-electron chi connectivity index (χ1n) is 13.0. The van der Waals surface area contributed by atoms with Crippen LogP contribution in [0.15, 0.2) is 67.2 Å². The van der Waals surface area contributed by atoms with Crippen LogP contribution in [-0.4, -0.2) is 66.4 Å². The van der Waals surface area contributed by atoms with Crippen molar-refractivity contribution in [2.75, 3.05) is 17.7 Å². The number of hydrogen-bond acceptors (Lipinski definition) is 9. The first-order valence-corrected chi connectivity index (χ1v) is 13.4. The number of aliphatic hydroxyl groups is 1. The number of carbonyl (C=O) groups excluding carboxylic acids is 3. The molecule has 15 heteroatoms. The molecule has 1 aliphatic rings. The van der Waals surface area contributed by atoms with E-state index in [1.54, 1.807) is 54.7 Å². The first-order chi connectivity index (χ1) is 20.8. The van der Waals surface area contributed by atoms with Crippen molar-refractivity contribution in [3.8, 4) is 16.9 Å². The zero-order chi connectivity index (χ0) is 30.3. The maximum atomic E-state index is 13.1. The number of ether oxygens (including phenoxy) is 1. The third-order valence-corrected chi connectivity index (χ3v) is 6.62. The van der Waals surface area contributed by atoms with Crippen molar-refractivity contribution < 1.29 is 24.2 Å². The molecular weight excluding hydrogens is 578 g/mol. The lowest BCUT2D eigenvalue weighted by molar-refractivity contribution is -0.118. The Morgan fingerprint density at radius 1 is 1.23 bits per heavy atom. The molecule has 14 nitrogen and oxygen atoms in total. The van der Waals surface area contributed by atoms with Gasteiger partial charge < -0.3 is 25.5 Å². The third kappa shape index (κ3) is 7.30. The van der Waals surface area contributed by atoms with E-state index < -0.39 is 30.1 Å². The molecule has 0 spiro atoms. The van der Waals surface area contributed by atoms with Gasteiger partial charge in [0.1, 0.15) is 12.2 Å². The Bertz CT molecular complexity index is 1700. The van der Waals surface area contributed by atoms with E-state index in [1.807, 2.05) is 0 Å². The fraction of sp³-hybridized carbons (Fsp3) is 0.179. The summed E-state index contributed by atoms with van der Waals surface area (Å²) in [5, 5.41) is 30.4. The molecule has 0 fully saturated rings. The second kappa shape index (κ2) is 13.1. The molecule has 5 N–H and O–H groups in total. The highest BCUT2D eigenvalue weighted by atomic mass is 35.5. The number of nitrogens with zero attached hydrogens (tertiary/aromatic N) is 5. The molecule has 0 saturated carbocycles. The van der Waals surface area contributed by atoms with Crippen LogP contribution in [0.1, 0.15) is 30.3 Å². The highest BCUT2D eigenvalue weighted by molar-refractivity contribution is 6.30. The molecule has 2 aromatic heterocycles. The Morgan fingerprint density at radius 3 is 2.88 bits per heavy atom. The lowest BCUT2D eigenvalue weighted by atomic mass is 10.1. The number of rotatable bonds is 5. The van der Waals surface area contributed by atoms with E-state index in [2.05, 4.69) is 46.2 Å². The van der Waals surface area contributed by atoms with Gasteiger partial charge in [-0.1, -0.05) is 23.8 Å². The smallest absolute Gasteiger partial charge is 0.411 e. The van der Waals surface area contributed by atoms with Crippen molar-refractivity contribution in [2.45, 2.75) is 25.0 Å². The van der Waals surface area contributed by atoms with E-state index in [0.29, 0.717) is 44.7 Å². The molecular formula is C28H26ClN9O5. The molecule has 0 aliphatic carbocycles. The molecule has 4 aromatic rings. The van der Waals surface area contributed by atoms with E-state index in [4.69, 9.17) is 11.6 Å². The Morgan fingerprint density at radius 2 is 2.09 bits per heavy atom. The van der Waals surface area contributed by atoms with Gasteiger partial charge in [-0.05, 0) is 59.3 Å². The normalized spacial score (nSPS) is 16.8. The summed E-state index contributed by atoms with van der Waals surface area (Å²) in [5.74, 6) is -0.411. The average molecular weight is 604 g/mol. The minimum atomic E-state index is -1.07. The summed E-state index contributed by atoms with van der Waals surface area (Å²) >= 11 is 6.18. The number of aromatic amines is 1. The number of benzene rings is 2. The van der Waals surface area contributed by atoms with Crippen LogP contribution in [0.2, 0.25) is 5.02 Å². The Labute approximate surface area is 249 Å². The van der Waals surface area contributed by atoms with Gasteiger partial charge in [0.25, 0.3) is 0 Å². The van der Waals surface area contributed by atoms with Crippen molar-refractivity contribution in [1.29, 1.82) is 0 Å². The summed E-state index contributed by atoms with van der Waals surface area (Å²) < 4.78 is 6.10. The number of H-pyrrole nitrogens is 1. The van der Waals surface area contributed by atoms with E-state index >= 15 is 0 Å². The SMILES string of the molecule is COC(=O)Nc1ccc2c(c1)NC(=O)CC(O)C=CC[C@H](NC(=O)C=Cc1cc(Cl)ccc1-n1cnnn1)c1ncc-2[nH]1. The summed E-state index contributed by atoms with van der Waals surface area (Å²) in [4.78, 5) is 45.2. The van der Waals surface area contributed by atoms with Gasteiger partial charge in [-0.25, -0.2) is 9.78 Å². The Balaban J connectivity index is 1.42. The summed E-state index contributed by atoms with van der Waals surface area (Å²) in [5.41, 5.74) is 3.12. The number of nitrogens with one attached hydrogen (secondary N) is 4.